The van der Waals surface area contributed by atoms with Crippen molar-refractivity contribution in [1.29, 1.82) is 0 Å². The summed E-state index contributed by atoms with van der Waals surface area (Å²) in [4.78, 5) is 26.3. The van der Waals surface area contributed by atoms with Crippen LogP contribution in [0.2, 0.25) is 0 Å². The Morgan fingerprint density at radius 2 is 2.12 bits per heavy atom. The first-order valence-corrected chi connectivity index (χ1v) is 8.67. The molecule has 1 saturated heterocycles. The average Bonchev–Trinajstić information content (AvgIpc) is 3.10. The Balaban J connectivity index is 1.81. The topological polar surface area (TPSA) is 57.6 Å². The highest BCUT2D eigenvalue weighted by Crippen LogP contribution is 2.46. The Labute approximate surface area is 141 Å². The van der Waals surface area contributed by atoms with E-state index in [2.05, 4.69) is 6.92 Å². The standard InChI is InChI=1S/C16H18F3NO3S/c1-9-2-3-11-10(6-9)7-12(24-11)13(21)20-5-4-15(8-20,14(22)23)16(17,18)19/h7,9H,2-6,8H2,1H3,(H,22,23). The van der Waals surface area contributed by atoms with Gasteiger partial charge in [0.05, 0.1) is 4.88 Å². The van der Waals surface area contributed by atoms with Crippen molar-refractivity contribution in [2.45, 2.75) is 38.8 Å². The largest absolute Gasteiger partial charge is 0.481 e. The van der Waals surface area contributed by atoms with E-state index in [1.807, 2.05) is 0 Å². The molecular weight excluding hydrogens is 343 g/mol. The van der Waals surface area contributed by atoms with Crippen molar-refractivity contribution < 1.29 is 27.9 Å². The molecule has 2 heterocycles. The molecule has 24 heavy (non-hydrogen) atoms. The number of carboxylic acid groups (broad SMARTS) is 1. The predicted octanol–water partition coefficient (Wildman–Crippen LogP) is 3.35. The first-order chi connectivity index (χ1) is 11.1. The van der Waals surface area contributed by atoms with Gasteiger partial charge in [0.1, 0.15) is 0 Å². The summed E-state index contributed by atoms with van der Waals surface area (Å²) in [5.74, 6) is -1.87. The highest BCUT2D eigenvalue weighted by molar-refractivity contribution is 7.14. The number of thiophene rings is 1. The van der Waals surface area contributed by atoms with Crippen LogP contribution in [-0.4, -0.2) is 41.1 Å². The van der Waals surface area contributed by atoms with E-state index >= 15 is 0 Å². The van der Waals surface area contributed by atoms with E-state index < -0.39 is 36.4 Å². The van der Waals surface area contributed by atoms with Crippen LogP contribution in [0.1, 0.15) is 39.9 Å². The number of fused-ring (bicyclic) bond motifs is 1. The molecule has 8 heteroatoms. The average molecular weight is 361 g/mol. The first-order valence-electron chi connectivity index (χ1n) is 7.85. The molecule has 3 rings (SSSR count). The Morgan fingerprint density at radius 3 is 2.71 bits per heavy atom. The van der Waals surface area contributed by atoms with Gasteiger partial charge in [-0.1, -0.05) is 6.92 Å². The van der Waals surface area contributed by atoms with Crippen LogP contribution >= 0.6 is 11.3 Å². The molecule has 1 aromatic heterocycles. The van der Waals surface area contributed by atoms with E-state index in [0.29, 0.717) is 10.8 Å². The number of hydrogen-bond acceptors (Lipinski definition) is 3. The molecule has 0 bridgehead atoms. The molecule has 1 aliphatic carbocycles. The van der Waals surface area contributed by atoms with Crippen LogP contribution in [0.15, 0.2) is 6.07 Å². The Morgan fingerprint density at radius 1 is 1.42 bits per heavy atom. The minimum Gasteiger partial charge on any atom is -0.481 e. The molecule has 1 aromatic rings. The van der Waals surface area contributed by atoms with Gasteiger partial charge in [-0.25, -0.2) is 0 Å². The molecule has 2 unspecified atom stereocenters. The monoisotopic (exact) mass is 361 g/mol. The smallest absolute Gasteiger partial charge is 0.406 e. The van der Waals surface area contributed by atoms with E-state index in [1.165, 1.54) is 11.3 Å². The van der Waals surface area contributed by atoms with Crippen LogP contribution in [-0.2, 0) is 17.6 Å². The number of rotatable bonds is 2. The van der Waals surface area contributed by atoms with Crippen LogP contribution < -0.4 is 0 Å². The highest BCUT2D eigenvalue weighted by Gasteiger charge is 2.64. The van der Waals surface area contributed by atoms with Crippen molar-refractivity contribution in [3.05, 3.63) is 21.4 Å². The molecule has 4 nitrogen and oxygen atoms in total. The van der Waals surface area contributed by atoms with Crippen molar-refractivity contribution in [1.82, 2.24) is 4.90 Å². The fourth-order valence-electron chi connectivity index (χ4n) is 3.48. The number of hydrogen-bond donors (Lipinski definition) is 1. The van der Waals surface area contributed by atoms with Gasteiger partial charge in [-0.2, -0.15) is 13.2 Å². The second kappa shape index (κ2) is 5.75. The number of likely N-dealkylation sites (tertiary alicyclic amines) is 1. The van der Waals surface area contributed by atoms with Crippen LogP contribution in [0.25, 0.3) is 0 Å². The van der Waals surface area contributed by atoms with Gasteiger partial charge in [0.25, 0.3) is 5.91 Å². The lowest BCUT2D eigenvalue weighted by Gasteiger charge is -2.27. The van der Waals surface area contributed by atoms with Crippen molar-refractivity contribution in [3.63, 3.8) is 0 Å². The van der Waals surface area contributed by atoms with Gasteiger partial charge in [-0.15, -0.1) is 11.3 Å². The minimum absolute atomic E-state index is 0.191. The molecule has 2 atom stereocenters. The number of aryl methyl sites for hydroxylation is 1. The summed E-state index contributed by atoms with van der Waals surface area (Å²) in [6, 6.07) is 1.77. The van der Waals surface area contributed by atoms with Crippen LogP contribution in [0.5, 0.6) is 0 Å². The van der Waals surface area contributed by atoms with E-state index in [-0.39, 0.29) is 6.54 Å². The number of amides is 1. The fraction of sp³-hybridized carbons (Fsp3) is 0.625. The summed E-state index contributed by atoms with van der Waals surface area (Å²) in [5.41, 5.74) is -1.75. The molecule has 1 fully saturated rings. The number of halogens is 3. The Bertz CT molecular complexity index is 685. The zero-order chi connectivity index (χ0) is 17.7. The Hall–Kier alpha value is -1.57. The highest BCUT2D eigenvalue weighted by atomic mass is 32.1. The van der Waals surface area contributed by atoms with Gasteiger partial charge >= 0.3 is 12.1 Å². The van der Waals surface area contributed by atoms with E-state index in [9.17, 15) is 22.8 Å². The number of carbonyl (C=O) groups excluding carboxylic acids is 1. The second-order valence-electron chi connectivity index (χ2n) is 6.77. The molecule has 0 aromatic carbocycles. The molecule has 0 radical (unpaired) electrons. The molecule has 0 saturated carbocycles. The van der Waals surface area contributed by atoms with E-state index in [4.69, 9.17) is 5.11 Å². The normalized spacial score (nSPS) is 27.2. The van der Waals surface area contributed by atoms with Crippen molar-refractivity contribution >= 4 is 23.2 Å². The molecular formula is C16H18F3NO3S. The molecule has 0 spiro atoms. The van der Waals surface area contributed by atoms with Crippen molar-refractivity contribution in [2.24, 2.45) is 11.3 Å². The maximum Gasteiger partial charge on any atom is 0.406 e. The van der Waals surface area contributed by atoms with Crippen LogP contribution in [0.3, 0.4) is 0 Å². The maximum atomic E-state index is 13.2. The van der Waals surface area contributed by atoms with Gasteiger partial charge in [0.2, 0.25) is 0 Å². The van der Waals surface area contributed by atoms with Crippen LogP contribution in [0, 0.1) is 11.3 Å². The van der Waals surface area contributed by atoms with Crippen LogP contribution in [0.4, 0.5) is 13.2 Å². The number of alkyl halides is 3. The van der Waals surface area contributed by atoms with Gasteiger partial charge in [0, 0.05) is 18.0 Å². The molecule has 2 aliphatic rings. The lowest BCUT2D eigenvalue weighted by atomic mass is 9.86. The maximum absolute atomic E-state index is 13.2. The van der Waals surface area contributed by atoms with Gasteiger partial charge in [-0.3, -0.25) is 9.59 Å². The minimum atomic E-state index is -4.88. The lowest BCUT2D eigenvalue weighted by molar-refractivity contribution is -0.227. The third-order valence-corrected chi connectivity index (χ3v) is 6.27. The predicted molar refractivity (Wildman–Crippen MR) is 82.2 cm³/mol. The third-order valence-electron chi connectivity index (χ3n) is 5.05. The molecule has 1 amide bonds. The zero-order valence-electron chi connectivity index (χ0n) is 13.2. The Kier molecular flexibility index (Phi) is 4.14. The summed E-state index contributed by atoms with van der Waals surface area (Å²) in [7, 11) is 0. The fourth-order valence-corrected chi connectivity index (χ4v) is 4.65. The number of nitrogens with zero attached hydrogens (tertiary/aromatic N) is 1. The lowest BCUT2D eigenvalue weighted by Crippen LogP contribution is -2.47. The second-order valence-corrected chi connectivity index (χ2v) is 7.91. The van der Waals surface area contributed by atoms with E-state index in [1.54, 1.807) is 6.07 Å². The number of carboxylic acids is 1. The van der Waals surface area contributed by atoms with Gasteiger partial charge < -0.3 is 10.0 Å². The molecule has 1 aliphatic heterocycles. The third kappa shape index (κ3) is 2.70. The molecule has 1 N–H and O–H groups in total. The van der Waals surface area contributed by atoms with E-state index in [0.717, 1.165) is 34.6 Å². The van der Waals surface area contributed by atoms with Crippen molar-refractivity contribution in [3.8, 4) is 0 Å². The summed E-state index contributed by atoms with van der Waals surface area (Å²) in [6.07, 6.45) is -2.67. The van der Waals surface area contributed by atoms with Gasteiger partial charge in [0.15, 0.2) is 5.41 Å². The van der Waals surface area contributed by atoms with Crippen molar-refractivity contribution in [2.75, 3.05) is 13.1 Å². The molecule has 132 valence electrons. The number of aliphatic carboxylic acids is 1. The quantitative estimate of drug-likeness (QED) is 0.879. The summed E-state index contributed by atoms with van der Waals surface area (Å²) in [6.45, 7) is 1.13. The summed E-state index contributed by atoms with van der Waals surface area (Å²) in [5, 5.41) is 9.08. The summed E-state index contributed by atoms with van der Waals surface area (Å²) < 4.78 is 39.7. The van der Waals surface area contributed by atoms with Gasteiger partial charge in [-0.05, 0) is 43.2 Å². The summed E-state index contributed by atoms with van der Waals surface area (Å²) >= 11 is 1.33. The SMILES string of the molecule is CC1CCc2sc(C(=O)N3CCC(C(=O)O)(C(F)(F)F)C3)cc2C1. The first kappa shape index (κ1) is 17.3. The zero-order valence-corrected chi connectivity index (χ0v) is 14.0. The number of carbonyl (C=O) groups is 2.